The summed E-state index contributed by atoms with van der Waals surface area (Å²) in [6.45, 7) is 10.0. The highest BCUT2D eigenvalue weighted by Gasteiger charge is 2.16. The van der Waals surface area contributed by atoms with E-state index in [-0.39, 0.29) is 5.41 Å². The summed E-state index contributed by atoms with van der Waals surface area (Å²) in [4.78, 5) is 4.42. The van der Waals surface area contributed by atoms with Crippen LogP contribution in [0, 0.1) is 0 Å². The van der Waals surface area contributed by atoms with Crippen molar-refractivity contribution in [2.24, 2.45) is 0 Å². The number of hydrogen-bond acceptors (Lipinski definition) is 3. The third-order valence-electron chi connectivity index (χ3n) is 3.68. The molecule has 2 aromatic rings. The van der Waals surface area contributed by atoms with Crippen molar-refractivity contribution in [2.45, 2.75) is 52.0 Å². The number of nitrogens with zero attached hydrogens (tertiary/aromatic N) is 1. The van der Waals surface area contributed by atoms with Crippen molar-refractivity contribution in [2.75, 3.05) is 6.54 Å². The van der Waals surface area contributed by atoms with Gasteiger partial charge in [-0.1, -0.05) is 52.0 Å². The fourth-order valence-electron chi connectivity index (χ4n) is 2.37. The summed E-state index contributed by atoms with van der Waals surface area (Å²) in [5.74, 6) is 0. The van der Waals surface area contributed by atoms with Gasteiger partial charge in [0.2, 0.25) is 0 Å². The number of rotatable bonds is 6. The van der Waals surface area contributed by atoms with Crippen LogP contribution in [0.1, 0.15) is 56.3 Å². The third kappa shape index (κ3) is 4.65. The first-order valence-electron chi connectivity index (χ1n) is 7.73. The normalized spacial score (nSPS) is 13.3. The first-order chi connectivity index (χ1) is 10.0. The fourth-order valence-corrected chi connectivity index (χ4v) is 3.03. The second-order valence-corrected chi connectivity index (χ2v) is 7.49. The molecule has 1 N–H and O–H groups in total. The molecule has 0 aliphatic carbocycles. The van der Waals surface area contributed by atoms with Gasteiger partial charge in [-0.15, -0.1) is 11.3 Å². The van der Waals surface area contributed by atoms with Gasteiger partial charge < -0.3 is 5.32 Å². The van der Waals surface area contributed by atoms with E-state index >= 15 is 0 Å². The second-order valence-electron chi connectivity index (χ2n) is 6.51. The lowest BCUT2D eigenvalue weighted by Crippen LogP contribution is -2.24. The summed E-state index contributed by atoms with van der Waals surface area (Å²) in [6.07, 6.45) is 4.00. The predicted octanol–water partition coefficient (Wildman–Crippen LogP) is 4.72. The van der Waals surface area contributed by atoms with E-state index in [4.69, 9.17) is 0 Å². The Bertz CT molecular complexity index is 523. The zero-order valence-corrected chi connectivity index (χ0v) is 14.3. The van der Waals surface area contributed by atoms with E-state index in [1.165, 1.54) is 16.1 Å². The van der Waals surface area contributed by atoms with E-state index in [0.717, 1.165) is 19.4 Å². The molecule has 0 aliphatic heterocycles. The van der Waals surface area contributed by atoms with Crippen LogP contribution >= 0.6 is 11.3 Å². The van der Waals surface area contributed by atoms with Crippen LogP contribution in [0.15, 0.2) is 35.8 Å². The van der Waals surface area contributed by atoms with Crippen LogP contribution in [-0.4, -0.2) is 11.5 Å². The lowest BCUT2D eigenvalue weighted by Gasteiger charge is -2.22. The molecule has 0 amide bonds. The van der Waals surface area contributed by atoms with Crippen LogP contribution in [0.5, 0.6) is 0 Å². The molecule has 1 aromatic carbocycles. The molecule has 0 saturated heterocycles. The predicted molar refractivity (Wildman–Crippen MR) is 92.0 cm³/mol. The third-order valence-corrected chi connectivity index (χ3v) is 4.48. The molecule has 0 radical (unpaired) electrons. The zero-order valence-electron chi connectivity index (χ0n) is 13.5. The molecular formula is C18H26N2S. The molecule has 114 valence electrons. The number of aromatic nitrogens is 1. The van der Waals surface area contributed by atoms with E-state index in [2.05, 4.69) is 67.6 Å². The quantitative estimate of drug-likeness (QED) is 0.835. The minimum Gasteiger partial charge on any atom is -0.310 e. The van der Waals surface area contributed by atoms with E-state index in [1.807, 2.05) is 6.20 Å². The highest BCUT2D eigenvalue weighted by Crippen LogP contribution is 2.25. The maximum Gasteiger partial charge on any atom is 0.0943 e. The Kier molecular flexibility index (Phi) is 5.54. The SMILES string of the molecule is CCCNC(Cc1nccs1)c1ccc(C(C)(C)C)cc1. The Labute approximate surface area is 132 Å². The molecule has 21 heavy (non-hydrogen) atoms. The average Bonchev–Trinajstić information content (AvgIpc) is 2.95. The van der Waals surface area contributed by atoms with Gasteiger partial charge in [0.05, 0.1) is 5.01 Å². The molecule has 0 fully saturated rings. The minimum absolute atomic E-state index is 0.209. The summed E-state index contributed by atoms with van der Waals surface area (Å²) in [5, 5.41) is 6.90. The molecule has 2 rings (SSSR count). The molecule has 0 spiro atoms. The van der Waals surface area contributed by atoms with Crippen LogP contribution in [0.2, 0.25) is 0 Å². The average molecular weight is 302 g/mol. The molecule has 2 nitrogen and oxygen atoms in total. The molecule has 0 bridgehead atoms. The van der Waals surface area contributed by atoms with Crippen molar-refractivity contribution in [1.29, 1.82) is 0 Å². The molecule has 0 saturated carbocycles. The monoisotopic (exact) mass is 302 g/mol. The largest absolute Gasteiger partial charge is 0.310 e. The molecule has 1 heterocycles. The Morgan fingerprint density at radius 1 is 1.19 bits per heavy atom. The van der Waals surface area contributed by atoms with Crippen molar-refractivity contribution in [1.82, 2.24) is 10.3 Å². The Hall–Kier alpha value is -1.19. The lowest BCUT2D eigenvalue weighted by atomic mass is 9.86. The summed E-state index contributed by atoms with van der Waals surface area (Å²) >= 11 is 1.74. The summed E-state index contributed by atoms with van der Waals surface area (Å²) in [6, 6.07) is 9.41. The number of nitrogens with one attached hydrogen (secondary N) is 1. The maximum absolute atomic E-state index is 4.42. The van der Waals surface area contributed by atoms with E-state index in [9.17, 15) is 0 Å². The zero-order chi connectivity index (χ0) is 15.3. The molecule has 1 aromatic heterocycles. The van der Waals surface area contributed by atoms with Gasteiger partial charge in [0.1, 0.15) is 0 Å². The Balaban J connectivity index is 2.15. The number of hydrogen-bond donors (Lipinski definition) is 1. The smallest absolute Gasteiger partial charge is 0.0943 e. The number of benzene rings is 1. The molecule has 1 atom stereocenters. The van der Waals surface area contributed by atoms with E-state index in [1.54, 1.807) is 11.3 Å². The van der Waals surface area contributed by atoms with Gasteiger partial charge in [-0.3, -0.25) is 0 Å². The summed E-state index contributed by atoms with van der Waals surface area (Å²) in [7, 11) is 0. The standard InChI is InChI=1S/C18H26N2S/c1-5-10-19-16(13-17-20-11-12-21-17)14-6-8-15(9-7-14)18(2,3)4/h6-9,11-12,16,19H,5,10,13H2,1-4H3. The molecular weight excluding hydrogens is 276 g/mol. The van der Waals surface area contributed by atoms with Crippen LogP contribution in [0.3, 0.4) is 0 Å². The van der Waals surface area contributed by atoms with Crippen LogP contribution in [-0.2, 0) is 11.8 Å². The maximum atomic E-state index is 4.42. The van der Waals surface area contributed by atoms with Gasteiger partial charge >= 0.3 is 0 Å². The van der Waals surface area contributed by atoms with Gasteiger partial charge in [-0.05, 0) is 29.5 Å². The van der Waals surface area contributed by atoms with Crippen molar-refractivity contribution in [3.63, 3.8) is 0 Å². The molecule has 3 heteroatoms. The molecule has 1 unspecified atom stereocenters. The van der Waals surface area contributed by atoms with Gasteiger partial charge in [0, 0.05) is 24.0 Å². The highest BCUT2D eigenvalue weighted by molar-refractivity contribution is 7.09. The van der Waals surface area contributed by atoms with Crippen molar-refractivity contribution in [3.8, 4) is 0 Å². The van der Waals surface area contributed by atoms with Crippen molar-refractivity contribution in [3.05, 3.63) is 52.0 Å². The van der Waals surface area contributed by atoms with Crippen molar-refractivity contribution >= 4 is 11.3 Å². The van der Waals surface area contributed by atoms with Gasteiger partial charge in [0.25, 0.3) is 0 Å². The second kappa shape index (κ2) is 7.19. The van der Waals surface area contributed by atoms with Gasteiger partial charge in [-0.25, -0.2) is 4.98 Å². The van der Waals surface area contributed by atoms with E-state index < -0.39 is 0 Å². The number of thiazole rings is 1. The van der Waals surface area contributed by atoms with Crippen LogP contribution < -0.4 is 5.32 Å². The first kappa shape index (κ1) is 16.2. The van der Waals surface area contributed by atoms with Gasteiger partial charge in [0.15, 0.2) is 0 Å². The first-order valence-corrected chi connectivity index (χ1v) is 8.61. The minimum atomic E-state index is 0.209. The highest BCUT2D eigenvalue weighted by atomic mass is 32.1. The van der Waals surface area contributed by atoms with Gasteiger partial charge in [-0.2, -0.15) is 0 Å². The topological polar surface area (TPSA) is 24.9 Å². The van der Waals surface area contributed by atoms with E-state index in [0.29, 0.717) is 6.04 Å². The van der Waals surface area contributed by atoms with Crippen LogP contribution in [0.25, 0.3) is 0 Å². The Morgan fingerprint density at radius 3 is 2.43 bits per heavy atom. The Morgan fingerprint density at radius 2 is 1.90 bits per heavy atom. The molecule has 0 aliphatic rings. The lowest BCUT2D eigenvalue weighted by molar-refractivity contribution is 0.527. The van der Waals surface area contributed by atoms with Crippen molar-refractivity contribution < 1.29 is 0 Å². The fraction of sp³-hybridized carbons (Fsp3) is 0.500. The van der Waals surface area contributed by atoms with Crippen LogP contribution in [0.4, 0.5) is 0 Å². The summed E-state index contributed by atoms with van der Waals surface area (Å²) in [5.41, 5.74) is 2.95. The summed E-state index contributed by atoms with van der Waals surface area (Å²) < 4.78 is 0.